The van der Waals surface area contributed by atoms with Crippen LogP contribution in [0.15, 0.2) is 30.5 Å². The molecule has 2 heterocycles. The summed E-state index contributed by atoms with van der Waals surface area (Å²) in [7, 11) is 0. The van der Waals surface area contributed by atoms with Crippen LogP contribution in [0.2, 0.25) is 0 Å². The molecule has 0 amide bonds. The second-order valence-corrected chi connectivity index (χ2v) is 5.86. The van der Waals surface area contributed by atoms with Crippen LogP contribution in [0.1, 0.15) is 13.8 Å². The molecule has 1 fully saturated rings. The third-order valence-corrected chi connectivity index (χ3v) is 4.02. The molecule has 21 heavy (non-hydrogen) atoms. The maximum absolute atomic E-state index is 9.55. The lowest BCUT2D eigenvalue weighted by atomic mass is 10.1. The molecule has 112 valence electrons. The highest BCUT2D eigenvalue weighted by Gasteiger charge is 2.25. The number of para-hydroxylation sites is 2. The maximum Gasteiger partial charge on any atom is 0.147 e. The van der Waals surface area contributed by atoms with Gasteiger partial charge in [0.1, 0.15) is 5.82 Å². The van der Waals surface area contributed by atoms with Crippen LogP contribution in [0, 0.1) is 0 Å². The first-order chi connectivity index (χ1) is 10.1. The van der Waals surface area contributed by atoms with Crippen LogP contribution in [0.3, 0.4) is 0 Å². The molecule has 0 aliphatic carbocycles. The van der Waals surface area contributed by atoms with Crippen molar-refractivity contribution in [3.05, 3.63) is 30.5 Å². The van der Waals surface area contributed by atoms with E-state index in [2.05, 4.69) is 21.7 Å². The van der Waals surface area contributed by atoms with E-state index in [1.165, 1.54) is 0 Å². The number of piperazine rings is 1. The summed E-state index contributed by atoms with van der Waals surface area (Å²) in [4.78, 5) is 13.8. The highest BCUT2D eigenvalue weighted by molar-refractivity contribution is 5.75. The van der Waals surface area contributed by atoms with E-state index in [1.54, 1.807) is 0 Å². The summed E-state index contributed by atoms with van der Waals surface area (Å²) in [6.07, 6.45) is 1.58. The zero-order valence-corrected chi connectivity index (χ0v) is 12.6. The molecular weight excluding hydrogens is 264 g/mol. The molecule has 0 bridgehead atoms. The average Bonchev–Trinajstić information content (AvgIpc) is 2.48. The van der Waals surface area contributed by atoms with Gasteiger partial charge in [-0.1, -0.05) is 12.1 Å². The van der Waals surface area contributed by atoms with Crippen molar-refractivity contribution in [3.8, 4) is 0 Å². The van der Waals surface area contributed by atoms with E-state index in [4.69, 9.17) is 4.98 Å². The number of hydrogen-bond donors (Lipinski definition) is 1. The van der Waals surface area contributed by atoms with Crippen molar-refractivity contribution in [2.75, 3.05) is 31.1 Å². The van der Waals surface area contributed by atoms with E-state index in [0.29, 0.717) is 6.04 Å². The molecule has 1 aliphatic heterocycles. The molecule has 0 unspecified atom stereocenters. The Balaban J connectivity index is 1.75. The van der Waals surface area contributed by atoms with Gasteiger partial charge in [-0.25, -0.2) is 4.98 Å². The Bertz CT molecular complexity index is 616. The van der Waals surface area contributed by atoms with Gasteiger partial charge in [0, 0.05) is 32.2 Å². The second-order valence-electron chi connectivity index (χ2n) is 5.86. The van der Waals surface area contributed by atoms with Crippen LogP contribution in [-0.4, -0.2) is 58.3 Å². The lowest BCUT2D eigenvalue weighted by Crippen LogP contribution is -2.53. The van der Waals surface area contributed by atoms with E-state index in [0.717, 1.165) is 43.0 Å². The van der Waals surface area contributed by atoms with Crippen LogP contribution >= 0.6 is 0 Å². The fourth-order valence-electron chi connectivity index (χ4n) is 2.91. The highest BCUT2D eigenvalue weighted by Crippen LogP contribution is 2.19. The normalized spacial score (nSPS) is 21.7. The van der Waals surface area contributed by atoms with Gasteiger partial charge in [0.2, 0.25) is 0 Å². The largest absolute Gasteiger partial charge is 0.392 e. The van der Waals surface area contributed by atoms with Gasteiger partial charge in [-0.15, -0.1) is 0 Å². The minimum absolute atomic E-state index is 0.278. The SMILES string of the molecule is C[C@H](O)CN1CCN(c2cnc3ccccc3n2)C[C@@H]1C. The number of nitrogens with zero attached hydrogens (tertiary/aromatic N) is 4. The zero-order valence-electron chi connectivity index (χ0n) is 12.6. The third-order valence-electron chi connectivity index (χ3n) is 4.02. The molecule has 3 rings (SSSR count). The molecule has 1 aliphatic rings. The van der Waals surface area contributed by atoms with Gasteiger partial charge >= 0.3 is 0 Å². The van der Waals surface area contributed by atoms with Gasteiger partial charge in [-0.2, -0.15) is 0 Å². The van der Waals surface area contributed by atoms with E-state index in [-0.39, 0.29) is 6.10 Å². The predicted octanol–water partition coefficient (Wildman–Crippen LogP) is 1.52. The number of aliphatic hydroxyl groups excluding tert-OH is 1. The van der Waals surface area contributed by atoms with Gasteiger partial charge < -0.3 is 10.0 Å². The Morgan fingerprint density at radius 1 is 1.29 bits per heavy atom. The van der Waals surface area contributed by atoms with E-state index in [9.17, 15) is 5.11 Å². The summed E-state index contributed by atoms with van der Waals surface area (Å²) >= 11 is 0. The molecule has 1 aromatic carbocycles. The van der Waals surface area contributed by atoms with Gasteiger partial charge in [-0.3, -0.25) is 9.88 Å². The van der Waals surface area contributed by atoms with Crippen LogP contribution in [0.4, 0.5) is 5.82 Å². The molecule has 0 saturated carbocycles. The number of hydrogen-bond acceptors (Lipinski definition) is 5. The van der Waals surface area contributed by atoms with Crippen LogP contribution in [-0.2, 0) is 0 Å². The average molecular weight is 286 g/mol. The molecule has 0 spiro atoms. The first-order valence-electron chi connectivity index (χ1n) is 7.52. The van der Waals surface area contributed by atoms with Crippen LogP contribution < -0.4 is 4.90 Å². The zero-order chi connectivity index (χ0) is 14.8. The Labute approximate surface area is 125 Å². The van der Waals surface area contributed by atoms with Crippen LogP contribution in [0.5, 0.6) is 0 Å². The van der Waals surface area contributed by atoms with Gasteiger partial charge in [0.25, 0.3) is 0 Å². The molecule has 0 radical (unpaired) electrons. The van der Waals surface area contributed by atoms with Gasteiger partial charge in [-0.05, 0) is 26.0 Å². The summed E-state index contributed by atoms with van der Waals surface area (Å²) in [5.41, 5.74) is 1.87. The summed E-state index contributed by atoms with van der Waals surface area (Å²) < 4.78 is 0. The third kappa shape index (κ3) is 3.14. The van der Waals surface area contributed by atoms with Crippen molar-refractivity contribution in [1.29, 1.82) is 0 Å². The van der Waals surface area contributed by atoms with Crippen molar-refractivity contribution in [1.82, 2.24) is 14.9 Å². The van der Waals surface area contributed by atoms with E-state index >= 15 is 0 Å². The van der Waals surface area contributed by atoms with Crippen molar-refractivity contribution < 1.29 is 5.11 Å². The Hall–Kier alpha value is -1.72. The molecule has 1 saturated heterocycles. The Kier molecular flexibility index (Phi) is 4.03. The molecule has 1 aromatic heterocycles. The predicted molar refractivity (Wildman–Crippen MR) is 84.5 cm³/mol. The lowest BCUT2D eigenvalue weighted by molar-refractivity contribution is 0.0959. The second kappa shape index (κ2) is 5.95. The number of β-amino-alcohol motifs (C(OH)–C–C–N with tert-alkyl or cyclic N) is 1. The van der Waals surface area contributed by atoms with Crippen molar-refractivity contribution in [3.63, 3.8) is 0 Å². The number of benzene rings is 1. The molecule has 2 atom stereocenters. The summed E-state index contributed by atoms with van der Waals surface area (Å²) in [6.45, 7) is 7.56. The summed E-state index contributed by atoms with van der Waals surface area (Å²) in [5.74, 6) is 0.942. The molecular formula is C16H22N4O. The first kappa shape index (κ1) is 14.2. The number of aromatic nitrogens is 2. The van der Waals surface area contributed by atoms with E-state index < -0.39 is 0 Å². The lowest BCUT2D eigenvalue weighted by Gasteiger charge is -2.40. The fourth-order valence-corrected chi connectivity index (χ4v) is 2.91. The number of rotatable bonds is 3. The highest BCUT2D eigenvalue weighted by atomic mass is 16.3. The maximum atomic E-state index is 9.55. The quantitative estimate of drug-likeness (QED) is 0.927. The number of fused-ring (bicyclic) bond motifs is 1. The van der Waals surface area contributed by atoms with Crippen LogP contribution in [0.25, 0.3) is 11.0 Å². The van der Waals surface area contributed by atoms with E-state index in [1.807, 2.05) is 37.4 Å². The number of aliphatic hydroxyl groups is 1. The van der Waals surface area contributed by atoms with Gasteiger partial charge in [0.05, 0.1) is 23.3 Å². The fraction of sp³-hybridized carbons (Fsp3) is 0.500. The standard InChI is InChI=1S/C16H22N4O/c1-12-10-20(8-7-19(12)11-13(2)21)16-9-17-14-5-3-4-6-15(14)18-16/h3-6,9,12-13,21H,7-8,10-11H2,1-2H3/t12-,13-/m0/s1. The molecule has 5 heteroatoms. The molecule has 1 N–H and O–H groups in total. The van der Waals surface area contributed by atoms with Crippen molar-refractivity contribution in [2.45, 2.75) is 26.0 Å². The first-order valence-corrected chi connectivity index (χ1v) is 7.52. The number of anilines is 1. The topological polar surface area (TPSA) is 52.5 Å². The molecule has 5 nitrogen and oxygen atoms in total. The smallest absolute Gasteiger partial charge is 0.147 e. The summed E-state index contributed by atoms with van der Waals surface area (Å²) in [5, 5.41) is 9.55. The Morgan fingerprint density at radius 3 is 2.76 bits per heavy atom. The van der Waals surface area contributed by atoms with Crippen molar-refractivity contribution >= 4 is 16.9 Å². The van der Waals surface area contributed by atoms with Crippen molar-refractivity contribution in [2.24, 2.45) is 0 Å². The monoisotopic (exact) mass is 286 g/mol. The summed E-state index contributed by atoms with van der Waals surface area (Å²) in [6, 6.07) is 8.35. The molecule has 2 aromatic rings. The van der Waals surface area contributed by atoms with Gasteiger partial charge in [0.15, 0.2) is 0 Å². The Morgan fingerprint density at radius 2 is 2.05 bits per heavy atom. The minimum Gasteiger partial charge on any atom is -0.392 e. The minimum atomic E-state index is -0.278.